The summed E-state index contributed by atoms with van der Waals surface area (Å²) in [5, 5.41) is 0. The van der Waals surface area contributed by atoms with Crippen LogP contribution in [0.4, 0.5) is 0 Å². The van der Waals surface area contributed by atoms with E-state index < -0.39 is 15.6 Å². The van der Waals surface area contributed by atoms with Crippen LogP contribution in [0.2, 0.25) is 0 Å². The largest absolute Gasteiger partial charge is 0.790 e. The summed E-state index contributed by atoms with van der Waals surface area (Å²) in [4.78, 5) is 37.3. The van der Waals surface area contributed by atoms with Crippen LogP contribution in [-0.2, 0) is 30.5 Å². The first-order valence-corrected chi connectivity index (χ1v) is 4.38. The van der Waals surface area contributed by atoms with E-state index in [9.17, 15) is 28.7 Å². The third-order valence-electron chi connectivity index (χ3n) is 0.200. The van der Waals surface area contributed by atoms with Gasteiger partial charge in [-0.2, -0.15) is 0 Å². The molecular weight excluding hydrogens is 253 g/mol. The zero-order chi connectivity index (χ0) is 7.71. The summed E-state index contributed by atoms with van der Waals surface area (Å²) in [5.74, 6) is 0. The van der Waals surface area contributed by atoms with Crippen LogP contribution >= 0.6 is 15.6 Å². The molecule has 0 aliphatic rings. The summed E-state index contributed by atoms with van der Waals surface area (Å²) in [6.45, 7) is 0. The van der Waals surface area contributed by atoms with Crippen LogP contribution < -0.4 is 19.6 Å². The molecule has 0 rings (SSSR count). The summed E-state index contributed by atoms with van der Waals surface area (Å²) in [6.07, 6.45) is 0. The molecule has 8 nitrogen and oxygen atoms in total. The summed E-state index contributed by atoms with van der Waals surface area (Å²) >= 11 is 0. The van der Waals surface area contributed by atoms with Crippen molar-refractivity contribution in [2.75, 3.05) is 0 Å². The van der Waals surface area contributed by atoms with Gasteiger partial charge in [-0.1, -0.05) is 0 Å². The first-order valence-electron chi connectivity index (χ1n) is 1.46. The van der Waals surface area contributed by atoms with Crippen molar-refractivity contribution < 1.29 is 55.6 Å². The van der Waals surface area contributed by atoms with Gasteiger partial charge in [-0.3, -0.25) is 0 Å². The third-order valence-corrected chi connectivity index (χ3v) is 1.80. The van der Waals surface area contributed by atoms with E-state index in [4.69, 9.17) is 0 Å². The van der Waals surface area contributed by atoms with Gasteiger partial charge in [0.05, 0.1) is 15.6 Å². The molecule has 0 bridgehead atoms. The first kappa shape index (κ1) is 17.7. The maximum absolute atomic E-state index is 9.32. The molecule has 11 heavy (non-hydrogen) atoms. The Balaban J connectivity index is -0.000000320. The molecule has 0 saturated heterocycles. The normalized spacial score (nSPS) is 11.3. The standard InChI is InChI=1S/Cu.H4O7P2.H2O/c;1-8(2,3)7-9(4,5)6;/h;(H2,1,2,3)(H2,4,5,6);1H2/p-4. The molecule has 0 fully saturated rings. The van der Waals surface area contributed by atoms with Gasteiger partial charge < -0.3 is 38.5 Å². The summed E-state index contributed by atoms with van der Waals surface area (Å²) in [6, 6.07) is 0. The molecule has 0 spiro atoms. The van der Waals surface area contributed by atoms with E-state index in [0.29, 0.717) is 0 Å². The Morgan fingerprint density at radius 3 is 1.09 bits per heavy atom. The van der Waals surface area contributed by atoms with Gasteiger partial charge in [-0.05, 0) is 0 Å². The molecule has 0 aromatic rings. The average Bonchev–Trinajstić information content (AvgIpc) is 1.14. The molecule has 75 valence electrons. The van der Waals surface area contributed by atoms with E-state index in [1.165, 1.54) is 0 Å². The van der Waals surface area contributed by atoms with E-state index >= 15 is 0 Å². The van der Waals surface area contributed by atoms with Crippen LogP contribution in [0.5, 0.6) is 0 Å². The average molecular weight is 256 g/mol. The molecule has 0 amide bonds. The predicted octanol–water partition coefficient (Wildman–Crippen LogP) is -4.17. The maximum Gasteiger partial charge on any atom is 0.0655 e. The van der Waals surface area contributed by atoms with Crippen molar-refractivity contribution >= 4 is 15.6 Å². The molecular formula is H2CuO8P2-4. The van der Waals surface area contributed by atoms with Gasteiger partial charge >= 0.3 is 0 Å². The Bertz CT molecular complexity index is 153. The second-order valence-corrected chi connectivity index (χ2v) is 3.42. The van der Waals surface area contributed by atoms with Crippen LogP contribution in [0.3, 0.4) is 0 Å². The third kappa shape index (κ3) is 18.1. The van der Waals surface area contributed by atoms with Crippen molar-refractivity contribution in [3.63, 3.8) is 0 Å². The smallest absolute Gasteiger partial charge is 0.0655 e. The molecule has 0 aliphatic carbocycles. The van der Waals surface area contributed by atoms with Gasteiger partial charge in [0.15, 0.2) is 0 Å². The summed E-state index contributed by atoms with van der Waals surface area (Å²) in [5.41, 5.74) is 0. The molecule has 11 heteroatoms. The Kier molecular flexibility index (Phi) is 8.70. The molecule has 0 heterocycles. The number of phosphoric acid groups is 2. The van der Waals surface area contributed by atoms with Gasteiger partial charge in [0.2, 0.25) is 0 Å². The zero-order valence-corrected chi connectivity index (χ0v) is 7.28. The van der Waals surface area contributed by atoms with Gasteiger partial charge in [-0.15, -0.1) is 0 Å². The van der Waals surface area contributed by atoms with Gasteiger partial charge in [0.25, 0.3) is 0 Å². The molecule has 1 radical (unpaired) electrons. The second-order valence-electron chi connectivity index (χ2n) is 0.976. The minimum Gasteiger partial charge on any atom is -0.790 e. The quantitative estimate of drug-likeness (QED) is 0.356. The zero-order valence-electron chi connectivity index (χ0n) is 4.55. The van der Waals surface area contributed by atoms with Crippen molar-refractivity contribution in [2.24, 2.45) is 0 Å². The molecule has 0 aromatic carbocycles. The topological polar surface area (TPSA) is 167 Å². The fourth-order valence-corrected chi connectivity index (χ4v) is 1.10. The Labute approximate surface area is 71.8 Å². The van der Waals surface area contributed by atoms with E-state index in [1.54, 1.807) is 0 Å². The minimum atomic E-state index is -5.68. The van der Waals surface area contributed by atoms with E-state index in [2.05, 4.69) is 4.31 Å². The molecule has 0 unspecified atom stereocenters. The van der Waals surface area contributed by atoms with Crippen molar-refractivity contribution in [3.05, 3.63) is 0 Å². The van der Waals surface area contributed by atoms with Crippen LogP contribution in [0, 0.1) is 0 Å². The van der Waals surface area contributed by atoms with E-state index in [1.807, 2.05) is 0 Å². The van der Waals surface area contributed by atoms with Gasteiger partial charge in [0.1, 0.15) is 0 Å². The molecule has 0 aliphatic heterocycles. The maximum atomic E-state index is 9.32. The number of hydrogen-bond acceptors (Lipinski definition) is 7. The Hall–Kier alpha value is 0.739. The van der Waals surface area contributed by atoms with Crippen molar-refractivity contribution in [3.8, 4) is 0 Å². The molecule has 0 saturated carbocycles. The fraction of sp³-hybridized carbons (Fsp3) is 0. The monoisotopic (exact) mass is 255 g/mol. The summed E-state index contributed by atoms with van der Waals surface area (Å²) in [7, 11) is -11.4. The van der Waals surface area contributed by atoms with E-state index in [-0.39, 0.29) is 22.5 Å². The molecule has 0 aromatic heterocycles. The Morgan fingerprint density at radius 2 is 1.09 bits per heavy atom. The fourth-order valence-electron chi connectivity index (χ4n) is 0.122. The second kappa shape index (κ2) is 5.40. The first-order chi connectivity index (χ1) is 3.71. The molecule has 0 atom stereocenters. The van der Waals surface area contributed by atoms with Crippen LogP contribution in [-0.4, -0.2) is 5.48 Å². The number of rotatable bonds is 2. The minimum absolute atomic E-state index is 0. The predicted molar refractivity (Wildman–Crippen MR) is 19.9 cm³/mol. The molecule has 2 N–H and O–H groups in total. The van der Waals surface area contributed by atoms with Crippen LogP contribution in [0.25, 0.3) is 0 Å². The Morgan fingerprint density at radius 1 is 0.909 bits per heavy atom. The van der Waals surface area contributed by atoms with Crippen molar-refractivity contribution in [1.29, 1.82) is 0 Å². The van der Waals surface area contributed by atoms with E-state index in [0.717, 1.165) is 0 Å². The van der Waals surface area contributed by atoms with Crippen LogP contribution in [0.1, 0.15) is 0 Å². The van der Waals surface area contributed by atoms with Crippen LogP contribution in [0.15, 0.2) is 0 Å². The van der Waals surface area contributed by atoms with Crippen molar-refractivity contribution in [1.82, 2.24) is 0 Å². The van der Waals surface area contributed by atoms with Gasteiger partial charge in [0, 0.05) is 17.1 Å². The number of hydrogen-bond donors (Lipinski definition) is 0. The van der Waals surface area contributed by atoms with Crippen molar-refractivity contribution in [2.45, 2.75) is 0 Å². The van der Waals surface area contributed by atoms with Gasteiger partial charge in [-0.25, -0.2) is 0 Å². The SMILES string of the molecule is O.O=P([O-])([O-])OP(=O)([O-])[O-].[Cu]. The summed E-state index contributed by atoms with van der Waals surface area (Å²) < 4.78 is 21.2.